The number of thioether (sulfide) groups is 1. The molecule has 1 saturated heterocycles. The van der Waals surface area contributed by atoms with Gasteiger partial charge in [0.15, 0.2) is 10.9 Å². The highest BCUT2D eigenvalue weighted by molar-refractivity contribution is 7.98. The molecule has 3 aromatic carbocycles. The van der Waals surface area contributed by atoms with Gasteiger partial charge in [-0.25, -0.2) is 4.98 Å². The van der Waals surface area contributed by atoms with Gasteiger partial charge in [0.25, 0.3) is 5.91 Å². The standard InChI is InChI=1S/C32H26F6N6O2S/c33-31(34,35)22-8-4-10-24(17-22)42-12-14-43(15-13-42)29(45)26-19-46-28(39-26)20-47-30-41-40-27(16-21-6-2-1-3-7-21)44(30)25-11-5-9-23(18-25)32(36,37)38/h1-11,17-19H,12-16,20H2. The fourth-order valence-corrected chi connectivity index (χ4v) is 6.00. The van der Waals surface area contributed by atoms with Crippen molar-refractivity contribution in [2.75, 3.05) is 31.1 Å². The van der Waals surface area contributed by atoms with Crippen LogP contribution < -0.4 is 4.90 Å². The van der Waals surface area contributed by atoms with Crippen LogP contribution in [0.3, 0.4) is 0 Å². The van der Waals surface area contributed by atoms with Crippen LogP contribution >= 0.6 is 11.8 Å². The van der Waals surface area contributed by atoms with E-state index in [0.29, 0.717) is 36.2 Å². The van der Waals surface area contributed by atoms with E-state index in [1.165, 1.54) is 18.4 Å². The number of hydrogen-bond acceptors (Lipinski definition) is 7. The predicted octanol–water partition coefficient (Wildman–Crippen LogP) is 7.14. The van der Waals surface area contributed by atoms with Gasteiger partial charge < -0.3 is 14.2 Å². The van der Waals surface area contributed by atoms with Crippen molar-refractivity contribution in [3.63, 3.8) is 0 Å². The van der Waals surface area contributed by atoms with Crippen LogP contribution in [0.5, 0.6) is 0 Å². The minimum Gasteiger partial charge on any atom is -0.447 e. The number of halogens is 6. The molecule has 0 N–H and O–H groups in total. The lowest BCUT2D eigenvalue weighted by Crippen LogP contribution is -2.49. The van der Waals surface area contributed by atoms with Gasteiger partial charge in [0.2, 0.25) is 5.89 Å². The zero-order valence-corrected chi connectivity index (χ0v) is 25.3. The Kier molecular flexibility index (Phi) is 8.99. The third-order valence-corrected chi connectivity index (χ3v) is 8.45. The molecule has 0 atom stereocenters. The molecule has 0 spiro atoms. The molecular formula is C32H26F6N6O2S. The summed E-state index contributed by atoms with van der Waals surface area (Å²) in [6, 6.07) is 19.3. The molecule has 15 heteroatoms. The van der Waals surface area contributed by atoms with Crippen molar-refractivity contribution in [2.24, 2.45) is 0 Å². The van der Waals surface area contributed by atoms with Crippen LogP contribution in [0.25, 0.3) is 5.69 Å². The quantitative estimate of drug-likeness (QED) is 0.128. The Morgan fingerprint density at radius 3 is 2.09 bits per heavy atom. The van der Waals surface area contributed by atoms with Crippen molar-refractivity contribution in [3.05, 3.63) is 119 Å². The second kappa shape index (κ2) is 13.1. The molecule has 1 amide bonds. The lowest BCUT2D eigenvalue weighted by molar-refractivity contribution is -0.138. The first-order valence-electron chi connectivity index (χ1n) is 14.4. The van der Waals surface area contributed by atoms with E-state index in [2.05, 4.69) is 15.2 Å². The first-order chi connectivity index (χ1) is 22.5. The van der Waals surface area contributed by atoms with Crippen molar-refractivity contribution in [2.45, 2.75) is 29.7 Å². The highest BCUT2D eigenvalue weighted by Gasteiger charge is 2.32. The van der Waals surface area contributed by atoms with Gasteiger partial charge in [-0.15, -0.1) is 10.2 Å². The zero-order valence-electron chi connectivity index (χ0n) is 24.5. The topological polar surface area (TPSA) is 80.3 Å². The molecule has 0 radical (unpaired) electrons. The molecular weight excluding hydrogens is 646 g/mol. The van der Waals surface area contributed by atoms with Crippen molar-refractivity contribution in [3.8, 4) is 5.69 Å². The van der Waals surface area contributed by atoms with Crippen LogP contribution in [-0.4, -0.2) is 56.7 Å². The molecule has 0 unspecified atom stereocenters. The zero-order chi connectivity index (χ0) is 33.2. The molecule has 3 heterocycles. The number of amides is 1. The highest BCUT2D eigenvalue weighted by Crippen LogP contribution is 2.34. The number of hydrogen-bond donors (Lipinski definition) is 0. The Balaban J connectivity index is 1.14. The van der Waals surface area contributed by atoms with Gasteiger partial charge in [0.1, 0.15) is 12.1 Å². The number of piperazine rings is 1. The van der Waals surface area contributed by atoms with E-state index in [0.717, 1.165) is 41.6 Å². The van der Waals surface area contributed by atoms with Gasteiger partial charge in [0.05, 0.1) is 22.6 Å². The summed E-state index contributed by atoms with van der Waals surface area (Å²) in [5.41, 5.74) is 0.0932. The molecule has 0 bridgehead atoms. The van der Waals surface area contributed by atoms with Gasteiger partial charge >= 0.3 is 12.4 Å². The molecule has 2 aromatic heterocycles. The lowest BCUT2D eigenvalue weighted by atomic mass is 10.1. The molecule has 1 aliphatic rings. The number of anilines is 1. The molecule has 1 fully saturated rings. The maximum Gasteiger partial charge on any atom is 0.416 e. The van der Waals surface area contributed by atoms with E-state index in [9.17, 15) is 31.1 Å². The average Bonchev–Trinajstić information content (AvgIpc) is 3.70. The molecule has 0 aliphatic carbocycles. The fourth-order valence-electron chi connectivity index (χ4n) is 5.18. The summed E-state index contributed by atoms with van der Waals surface area (Å²) in [6.45, 7) is 1.22. The Labute approximate surface area is 269 Å². The lowest BCUT2D eigenvalue weighted by Gasteiger charge is -2.36. The van der Waals surface area contributed by atoms with E-state index >= 15 is 0 Å². The summed E-state index contributed by atoms with van der Waals surface area (Å²) >= 11 is 1.14. The molecule has 8 nitrogen and oxygen atoms in total. The van der Waals surface area contributed by atoms with E-state index in [1.54, 1.807) is 26.5 Å². The van der Waals surface area contributed by atoms with Gasteiger partial charge in [-0.3, -0.25) is 9.36 Å². The predicted molar refractivity (Wildman–Crippen MR) is 161 cm³/mol. The number of benzene rings is 3. The SMILES string of the molecule is O=C(c1coc(CSc2nnc(Cc3ccccc3)n2-c2cccc(C(F)(F)F)c2)n1)N1CCN(c2cccc(C(F)(F)F)c2)CC1. The summed E-state index contributed by atoms with van der Waals surface area (Å²) in [5.74, 6) is 0.361. The largest absolute Gasteiger partial charge is 0.447 e. The summed E-state index contributed by atoms with van der Waals surface area (Å²) < 4.78 is 87.2. The van der Waals surface area contributed by atoms with Crippen LogP contribution in [0, 0.1) is 0 Å². The minimum atomic E-state index is -4.54. The number of oxazole rings is 1. The van der Waals surface area contributed by atoms with E-state index in [-0.39, 0.29) is 42.0 Å². The maximum absolute atomic E-state index is 13.5. The van der Waals surface area contributed by atoms with Crippen molar-refractivity contribution >= 4 is 23.4 Å². The second-order valence-electron chi connectivity index (χ2n) is 10.7. The summed E-state index contributed by atoms with van der Waals surface area (Å²) in [6.07, 6.45) is -7.43. The molecule has 0 saturated carbocycles. The Morgan fingerprint density at radius 2 is 1.43 bits per heavy atom. The van der Waals surface area contributed by atoms with Crippen molar-refractivity contribution < 1.29 is 35.6 Å². The normalized spacial score (nSPS) is 14.1. The van der Waals surface area contributed by atoms with Crippen LogP contribution in [0.15, 0.2) is 94.7 Å². The third-order valence-electron chi connectivity index (χ3n) is 7.54. The monoisotopic (exact) mass is 672 g/mol. The van der Waals surface area contributed by atoms with Gasteiger partial charge in [-0.1, -0.05) is 54.2 Å². The first-order valence-corrected chi connectivity index (χ1v) is 15.4. The molecule has 47 heavy (non-hydrogen) atoms. The number of aromatic nitrogens is 4. The van der Waals surface area contributed by atoms with E-state index in [1.807, 2.05) is 30.3 Å². The fraction of sp³-hybridized carbons (Fsp3) is 0.250. The van der Waals surface area contributed by atoms with Crippen LogP contribution in [-0.2, 0) is 24.5 Å². The number of alkyl halides is 6. The van der Waals surface area contributed by atoms with Gasteiger partial charge in [-0.05, 0) is 42.0 Å². The number of carbonyl (C=O) groups is 1. The first kappa shape index (κ1) is 32.2. The summed E-state index contributed by atoms with van der Waals surface area (Å²) in [5, 5.41) is 8.83. The number of rotatable bonds is 8. The van der Waals surface area contributed by atoms with Crippen molar-refractivity contribution in [1.82, 2.24) is 24.6 Å². The third kappa shape index (κ3) is 7.45. The molecule has 1 aliphatic heterocycles. The second-order valence-corrected chi connectivity index (χ2v) is 11.6. The Morgan fingerprint density at radius 1 is 0.787 bits per heavy atom. The number of nitrogens with zero attached hydrogens (tertiary/aromatic N) is 6. The van der Waals surface area contributed by atoms with Gasteiger partial charge in [-0.2, -0.15) is 26.3 Å². The summed E-state index contributed by atoms with van der Waals surface area (Å²) in [4.78, 5) is 20.8. The highest BCUT2D eigenvalue weighted by atomic mass is 32.2. The van der Waals surface area contributed by atoms with Gasteiger partial charge in [0, 0.05) is 38.3 Å². The van der Waals surface area contributed by atoms with Crippen LogP contribution in [0.2, 0.25) is 0 Å². The smallest absolute Gasteiger partial charge is 0.416 e. The summed E-state index contributed by atoms with van der Waals surface area (Å²) in [7, 11) is 0. The Hall–Kier alpha value is -4.79. The average molecular weight is 673 g/mol. The maximum atomic E-state index is 13.5. The van der Waals surface area contributed by atoms with E-state index < -0.39 is 23.5 Å². The van der Waals surface area contributed by atoms with Crippen LogP contribution in [0.4, 0.5) is 32.0 Å². The van der Waals surface area contributed by atoms with E-state index in [4.69, 9.17) is 4.42 Å². The number of carbonyl (C=O) groups excluding carboxylic acids is 1. The minimum absolute atomic E-state index is 0.0669. The van der Waals surface area contributed by atoms with Crippen LogP contribution in [0.1, 0.15) is 38.9 Å². The molecule has 5 aromatic rings. The van der Waals surface area contributed by atoms with Crippen molar-refractivity contribution in [1.29, 1.82) is 0 Å². The Bertz CT molecular complexity index is 1850. The molecule has 244 valence electrons. The molecule has 6 rings (SSSR count).